The predicted octanol–water partition coefficient (Wildman–Crippen LogP) is 3.89. The molecule has 1 amide bonds. The third kappa shape index (κ3) is 4.59. The number of nitrogens with one attached hydrogen (secondary N) is 1. The van der Waals surface area contributed by atoms with Crippen LogP contribution in [0.2, 0.25) is 5.02 Å². The van der Waals surface area contributed by atoms with Crippen LogP contribution in [0.3, 0.4) is 0 Å². The first-order valence-electron chi connectivity index (χ1n) is 7.73. The smallest absolute Gasteiger partial charge is 0.271 e. The fraction of sp³-hybridized carbons (Fsp3) is 0.235. The Morgan fingerprint density at radius 1 is 1.27 bits per heavy atom. The average molecular weight is 395 g/mol. The van der Waals surface area contributed by atoms with Gasteiger partial charge >= 0.3 is 0 Å². The van der Waals surface area contributed by atoms with Crippen LogP contribution in [0.15, 0.2) is 36.4 Å². The van der Waals surface area contributed by atoms with E-state index in [1.807, 2.05) is 6.07 Å². The second-order valence-corrected chi connectivity index (χ2v) is 6.84. The van der Waals surface area contributed by atoms with Gasteiger partial charge in [-0.2, -0.15) is 0 Å². The van der Waals surface area contributed by atoms with E-state index in [9.17, 15) is 14.9 Å². The van der Waals surface area contributed by atoms with E-state index in [1.165, 1.54) is 30.0 Å². The zero-order valence-electron chi connectivity index (χ0n) is 13.6. The normalized spacial score (nSPS) is 12.5. The molecule has 0 aliphatic carbocycles. The summed E-state index contributed by atoms with van der Waals surface area (Å²) in [5.74, 6) is 1.70. The molecule has 1 heterocycles. The number of nitro benzene ring substituents is 1. The van der Waals surface area contributed by atoms with E-state index in [0.29, 0.717) is 41.2 Å². The van der Waals surface area contributed by atoms with Crippen molar-refractivity contribution in [3.05, 3.63) is 57.1 Å². The number of amides is 1. The second-order valence-electron chi connectivity index (χ2n) is 5.45. The Labute approximate surface area is 158 Å². The molecule has 0 spiro atoms. The molecule has 7 nitrogen and oxygen atoms in total. The molecule has 0 bridgehead atoms. The van der Waals surface area contributed by atoms with Gasteiger partial charge in [0.25, 0.3) is 5.69 Å². The van der Waals surface area contributed by atoms with Crippen molar-refractivity contribution >= 4 is 40.6 Å². The molecule has 26 heavy (non-hydrogen) atoms. The van der Waals surface area contributed by atoms with Crippen molar-refractivity contribution in [3.63, 3.8) is 0 Å². The van der Waals surface area contributed by atoms with Crippen LogP contribution in [0.5, 0.6) is 11.5 Å². The molecule has 136 valence electrons. The number of hydrogen-bond donors (Lipinski definition) is 1. The minimum atomic E-state index is -0.504. The van der Waals surface area contributed by atoms with Gasteiger partial charge in [-0.25, -0.2) is 0 Å². The van der Waals surface area contributed by atoms with Gasteiger partial charge in [-0.3, -0.25) is 14.9 Å². The van der Waals surface area contributed by atoms with Crippen molar-refractivity contribution in [1.82, 2.24) is 0 Å². The average Bonchev–Trinajstić information content (AvgIpc) is 2.62. The van der Waals surface area contributed by atoms with E-state index >= 15 is 0 Å². The van der Waals surface area contributed by atoms with Gasteiger partial charge in [0.15, 0.2) is 11.5 Å². The van der Waals surface area contributed by atoms with Crippen LogP contribution in [0.25, 0.3) is 0 Å². The van der Waals surface area contributed by atoms with Gasteiger partial charge in [0, 0.05) is 23.6 Å². The third-order valence-corrected chi connectivity index (χ3v) is 4.78. The van der Waals surface area contributed by atoms with Gasteiger partial charge in [0.1, 0.15) is 13.2 Å². The molecule has 2 aromatic rings. The highest BCUT2D eigenvalue weighted by Crippen LogP contribution is 2.39. The van der Waals surface area contributed by atoms with Crippen LogP contribution >= 0.6 is 23.4 Å². The number of carbonyl (C=O) groups excluding carboxylic acids is 1. The largest absolute Gasteiger partial charge is 0.486 e. The molecule has 0 fully saturated rings. The monoisotopic (exact) mass is 394 g/mol. The number of nitrogens with zero attached hydrogens (tertiary/aromatic N) is 1. The number of carbonyl (C=O) groups is 1. The first kappa shape index (κ1) is 18.3. The summed E-state index contributed by atoms with van der Waals surface area (Å²) in [7, 11) is 0. The Bertz CT molecular complexity index is 846. The Morgan fingerprint density at radius 2 is 2.08 bits per heavy atom. The number of hydrogen-bond acceptors (Lipinski definition) is 6. The minimum Gasteiger partial charge on any atom is -0.486 e. The highest BCUT2D eigenvalue weighted by molar-refractivity contribution is 7.99. The van der Waals surface area contributed by atoms with E-state index in [1.54, 1.807) is 12.1 Å². The highest BCUT2D eigenvalue weighted by atomic mass is 35.5. The van der Waals surface area contributed by atoms with Crippen LogP contribution in [0.1, 0.15) is 5.56 Å². The van der Waals surface area contributed by atoms with Crippen molar-refractivity contribution < 1.29 is 19.2 Å². The van der Waals surface area contributed by atoms with Gasteiger partial charge in [-0.05, 0) is 23.8 Å². The van der Waals surface area contributed by atoms with Gasteiger partial charge in [-0.1, -0.05) is 17.7 Å². The lowest BCUT2D eigenvalue weighted by atomic mass is 10.2. The number of non-ortho nitro benzene ring substituents is 1. The standard InChI is InChI=1S/C17H15ClN2O5S/c18-14-6-11(7-15-17(14)25-5-4-24-15)9-26-10-16(21)19-12-2-1-3-13(8-12)20(22)23/h1-3,6-8H,4-5,9-10H2,(H,19,21). The van der Waals surface area contributed by atoms with Crippen LogP contribution in [-0.4, -0.2) is 29.8 Å². The summed E-state index contributed by atoms with van der Waals surface area (Å²) in [6.45, 7) is 0.949. The first-order valence-corrected chi connectivity index (χ1v) is 9.26. The molecule has 1 N–H and O–H groups in total. The lowest BCUT2D eigenvalue weighted by Crippen LogP contribution is -2.16. The van der Waals surface area contributed by atoms with Gasteiger partial charge < -0.3 is 14.8 Å². The van der Waals surface area contributed by atoms with Crippen LogP contribution < -0.4 is 14.8 Å². The number of ether oxygens (including phenoxy) is 2. The zero-order valence-corrected chi connectivity index (χ0v) is 15.1. The Hall–Kier alpha value is -2.45. The number of rotatable bonds is 6. The Balaban J connectivity index is 1.53. The fourth-order valence-electron chi connectivity index (χ4n) is 2.40. The molecule has 0 saturated carbocycles. The number of thioether (sulfide) groups is 1. The second kappa shape index (κ2) is 8.29. The maximum atomic E-state index is 12.0. The summed E-state index contributed by atoms with van der Waals surface area (Å²) in [6, 6.07) is 9.47. The van der Waals surface area contributed by atoms with Crippen molar-refractivity contribution in [2.75, 3.05) is 24.3 Å². The van der Waals surface area contributed by atoms with Crippen LogP contribution in [-0.2, 0) is 10.5 Å². The topological polar surface area (TPSA) is 90.7 Å². The lowest BCUT2D eigenvalue weighted by Gasteiger charge is -2.20. The Kier molecular flexibility index (Phi) is 5.85. The molecule has 0 saturated heterocycles. The molecule has 0 unspecified atom stereocenters. The molecule has 0 atom stereocenters. The number of benzene rings is 2. The molecule has 3 rings (SSSR count). The number of halogens is 1. The van der Waals surface area contributed by atoms with E-state index in [-0.39, 0.29) is 17.3 Å². The van der Waals surface area contributed by atoms with Crippen LogP contribution in [0.4, 0.5) is 11.4 Å². The molecule has 9 heteroatoms. The summed E-state index contributed by atoms with van der Waals surface area (Å²) in [5, 5.41) is 13.9. The van der Waals surface area contributed by atoms with Crippen molar-refractivity contribution in [3.8, 4) is 11.5 Å². The highest BCUT2D eigenvalue weighted by Gasteiger charge is 2.17. The zero-order chi connectivity index (χ0) is 18.5. The third-order valence-electron chi connectivity index (χ3n) is 3.50. The van der Waals surface area contributed by atoms with Gasteiger partial charge in [0.2, 0.25) is 5.91 Å². The molecule has 1 aliphatic rings. The quantitative estimate of drug-likeness (QED) is 0.590. The van der Waals surface area contributed by atoms with Crippen molar-refractivity contribution in [2.24, 2.45) is 0 Å². The fourth-order valence-corrected chi connectivity index (χ4v) is 3.45. The molecule has 1 aliphatic heterocycles. The lowest BCUT2D eigenvalue weighted by molar-refractivity contribution is -0.384. The first-order chi connectivity index (χ1) is 12.5. The molecular formula is C17H15ClN2O5S. The number of nitro groups is 1. The summed E-state index contributed by atoms with van der Waals surface area (Å²) in [6.07, 6.45) is 0. The van der Waals surface area contributed by atoms with Crippen molar-refractivity contribution in [1.29, 1.82) is 0 Å². The summed E-state index contributed by atoms with van der Waals surface area (Å²) < 4.78 is 11.0. The maximum absolute atomic E-state index is 12.0. The van der Waals surface area contributed by atoms with Crippen LogP contribution in [0, 0.1) is 10.1 Å². The van der Waals surface area contributed by atoms with Gasteiger partial charge in [0.05, 0.1) is 15.7 Å². The van der Waals surface area contributed by atoms with E-state index in [4.69, 9.17) is 21.1 Å². The molecule has 2 aromatic carbocycles. The van der Waals surface area contributed by atoms with E-state index in [0.717, 1.165) is 5.56 Å². The van der Waals surface area contributed by atoms with E-state index < -0.39 is 4.92 Å². The SMILES string of the molecule is O=C(CSCc1cc(Cl)c2c(c1)OCCO2)Nc1cccc([N+](=O)[O-])c1. The van der Waals surface area contributed by atoms with Crippen molar-refractivity contribution in [2.45, 2.75) is 5.75 Å². The number of anilines is 1. The summed E-state index contributed by atoms with van der Waals surface area (Å²) >= 11 is 7.59. The predicted molar refractivity (Wildman–Crippen MR) is 100 cm³/mol. The maximum Gasteiger partial charge on any atom is 0.271 e. The number of fused-ring (bicyclic) bond motifs is 1. The molecule has 0 aromatic heterocycles. The minimum absolute atomic E-state index is 0.0682. The van der Waals surface area contributed by atoms with Gasteiger partial charge in [-0.15, -0.1) is 11.8 Å². The van der Waals surface area contributed by atoms with E-state index in [2.05, 4.69) is 5.32 Å². The molecular weight excluding hydrogens is 380 g/mol. The summed E-state index contributed by atoms with van der Waals surface area (Å²) in [4.78, 5) is 22.3. The molecule has 0 radical (unpaired) electrons. The summed E-state index contributed by atoms with van der Waals surface area (Å²) in [5.41, 5.74) is 1.25. The Morgan fingerprint density at radius 3 is 2.88 bits per heavy atom.